The van der Waals surface area contributed by atoms with Crippen molar-refractivity contribution in [2.24, 2.45) is 5.73 Å². The molecule has 1 aromatic heterocycles. The Kier molecular flexibility index (Phi) is 4.56. The predicted molar refractivity (Wildman–Crippen MR) is 80.7 cm³/mol. The van der Waals surface area contributed by atoms with Crippen LogP contribution in [0.2, 0.25) is 0 Å². The second kappa shape index (κ2) is 6.17. The lowest BCUT2D eigenvalue weighted by atomic mass is 10.1. The molecule has 3 nitrogen and oxygen atoms in total. The number of hydrogen-bond donors (Lipinski definition) is 1. The van der Waals surface area contributed by atoms with Crippen LogP contribution in [0.25, 0.3) is 10.6 Å². The van der Waals surface area contributed by atoms with E-state index in [-0.39, 0.29) is 0 Å². The highest BCUT2D eigenvalue weighted by atomic mass is 32.1. The van der Waals surface area contributed by atoms with E-state index >= 15 is 0 Å². The van der Waals surface area contributed by atoms with Crippen LogP contribution in [-0.2, 0) is 6.54 Å². The molecule has 0 fully saturated rings. The van der Waals surface area contributed by atoms with E-state index in [1.54, 1.807) is 11.3 Å². The first-order valence-corrected chi connectivity index (χ1v) is 7.40. The number of thiazole rings is 1. The van der Waals surface area contributed by atoms with Gasteiger partial charge in [0, 0.05) is 11.4 Å². The molecule has 0 radical (unpaired) electrons. The summed E-state index contributed by atoms with van der Waals surface area (Å²) in [6.07, 6.45) is 0. The van der Waals surface area contributed by atoms with Crippen LogP contribution in [0.3, 0.4) is 0 Å². The van der Waals surface area contributed by atoms with Gasteiger partial charge in [0.25, 0.3) is 0 Å². The normalized spacial score (nSPS) is 11.0. The van der Waals surface area contributed by atoms with Crippen LogP contribution in [0.4, 0.5) is 0 Å². The van der Waals surface area contributed by atoms with Crippen molar-refractivity contribution < 1.29 is 4.74 Å². The quantitative estimate of drug-likeness (QED) is 0.903. The summed E-state index contributed by atoms with van der Waals surface area (Å²) in [5.41, 5.74) is 7.97. The van der Waals surface area contributed by atoms with Gasteiger partial charge < -0.3 is 10.5 Å². The smallest absolute Gasteiger partial charge is 0.129 e. The summed E-state index contributed by atoms with van der Waals surface area (Å²) >= 11 is 1.66. The molecule has 0 saturated carbocycles. The lowest BCUT2D eigenvalue weighted by Crippen LogP contribution is -1.99. The predicted octanol–water partition coefficient (Wildman–Crippen LogP) is 3.79. The molecule has 0 aliphatic rings. The summed E-state index contributed by atoms with van der Waals surface area (Å²) in [4.78, 5) is 5.92. The number of ether oxygens (including phenoxy) is 1. The van der Waals surface area contributed by atoms with Crippen molar-refractivity contribution in [2.45, 2.75) is 33.2 Å². The number of para-hydroxylation sites is 1. The zero-order valence-electron chi connectivity index (χ0n) is 11.6. The third kappa shape index (κ3) is 2.96. The van der Waals surface area contributed by atoms with Crippen molar-refractivity contribution in [2.75, 3.05) is 6.61 Å². The third-order valence-corrected chi connectivity index (χ3v) is 4.00. The highest BCUT2D eigenvalue weighted by Gasteiger charge is 2.16. The molecule has 2 aromatic rings. The number of nitrogens with zero attached hydrogens (tertiary/aromatic N) is 1. The van der Waals surface area contributed by atoms with Crippen LogP contribution in [-0.4, -0.2) is 11.6 Å². The lowest BCUT2D eigenvalue weighted by Gasteiger charge is -2.07. The lowest BCUT2D eigenvalue weighted by molar-refractivity contribution is 0.341. The Labute approximate surface area is 118 Å². The molecule has 0 saturated heterocycles. The first-order valence-electron chi connectivity index (χ1n) is 6.59. The highest BCUT2D eigenvalue weighted by molar-refractivity contribution is 7.15. The molecule has 0 aliphatic heterocycles. The van der Waals surface area contributed by atoms with Crippen molar-refractivity contribution >= 4 is 11.3 Å². The van der Waals surface area contributed by atoms with Crippen LogP contribution in [0.15, 0.2) is 24.3 Å². The van der Waals surface area contributed by atoms with Gasteiger partial charge in [-0.05, 0) is 25.0 Å². The molecule has 0 amide bonds. The minimum absolute atomic E-state index is 0.391. The standard InChI is InChI=1S/C15H20N2OS/c1-4-18-12-8-6-5-7-11(12)15-17-14(10(2)3)13(9-16)19-15/h5-8,10H,4,9,16H2,1-3H3. The Hall–Kier alpha value is -1.39. The molecule has 102 valence electrons. The molecule has 4 heteroatoms. The minimum Gasteiger partial charge on any atom is -0.493 e. The SMILES string of the molecule is CCOc1ccccc1-c1nc(C(C)C)c(CN)s1. The third-order valence-electron chi connectivity index (χ3n) is 2.88. The Bertz CT molecular complexity index is 549. The molecular formula is C15H20N2OS. The van der Waals surface area contributed by atoms with Gasteiger partial charge in [0.15, 0.2) is 0 Å². The molecule has 0 bridgehead atoms. The van der Waals surface area contributed by atoms with E-state index in [0.29, 0.717) is 19.1 Å². The Balaban J connectivity index is 2.47. The van der Waals surface area contributed by atoms with Crippen molar-refractivity contribution in [1.82, 2.24) is 4.98 Å². The summed E-state index contributed by atoms with van der Waals surface area (Å²) in [5.74, 6) is 1.28. The van der Waals surface area contributed by atoms with Crippen molar-refractivity contribution in [3.63, 3.8) is 0 Å². The fraction of sp³-hybridized carbons (Fsp3) is 0.400. The first-order chi connectivity index (χ1) is 9.17. The van der Waals surface area contributed by atoms with Gasteiger partial charge in [-0.15, -0.1) is 11.3 Å². The van der Waals surface area contributed by atoms with Gasteiger partial charge in [0.1, 0.15) is 10.8 Å². The van der Waals surface area contributed by atoms with Gasteiger partial charge in [-0.2, -0.15) is 0 Å². The summed E-state index contributed by atoms with van der Waals surface area (Å²) < 4.78 is 5.67. The average Bonchev–Trinajstić information content (AvgIpc) is 2.84. The van der Waals surface area contributed by atoms with E-state index in [1.165, 1.54) is 0 Å². The molecule has 0 atom stereocenters. The van der Waals surface area contributed by atoms with Gasteiger partial charge in [-0.3, -0.25) is 0 Å². The highest BCUT2D eigenvalue weighted by Crippen LogP contribution is 2.36. The van der Waals surface area contributed by atoms with Gasteiger partial charge in [0.05, 0.1) is 17.9 Å². The Morgan fingerprint density at radius 2 is 2.05 bits per heavy atom. The molecule has 19 heavy (non-hydrogen) atoms. The number of nitrogens with two attached hydrogens (primary N) is 1. The zero-order valence-corrected chi connectivity index (χ0v) is 12.5. The van der Waals surface area contributed by atoms with Gasteiger partial charge in [-0.1, -0.05) is 26.0 Å². The molecular weight excluding hydrogens is 256 g/mol. The topological polar surface area (TPSA) is 48.1 Å². The van der Waals surface area contributed by atoms with E-state index in [9.17, 15) is 0 Å². The van der Waals surface area contributed by atoms with E-state index in [1.807, 2.05) is 31.2 Å². The van der Waals surface area contributed by atoms with Crippen molar-refractivity contribution in [3.05, 3.63) is 34.8 Å². The van der Waals surface area contributed by atoms with E-state index in [4.69, 9.17) is 15.5 Å². The maximum atomic E-state index is 5.82. The summed E-state index contributed by atoms with van der Waals surface area (Å²) in [5, 5.41) is 0.994. The van der Waals surface area contributed by atoms with E-state index < -0.39 is 0 Å². The molecule has 2 rings (SSSR count). The summed E-state index contributed by atoms with van der Waals surface area (Å²) in [6.45, 7) is 7.48. The maximum Gasteiger partial charge on any atom is 0.129 e. The van der Waals surface area contributed by atoms with Crippen LogP contribution in [0.5, 0.6) is 5.75 Å². The fourth-order valence-corrected chi connectivity index (χ4v) is 3.13. The van der Waals surface area contributed by atoms with E-state index in [2.05, 4.69) is 13.8 Å². The van der Waals surface area contributed by atoms with Crippen LogP contribution in [0, 0.1) is 0 Å². The molecule has 0 unspecified atom stereocenters. The summed E-state index contributed by atoms with van der Waals surface area (Å²) in [6, 6.07) is 8.03. The van der Waals surface area contributed by atoms with E-state index in [0.717, 1.165) is 26.9 Å². The molecule has 1 aromatic carbocycles. The second-order valence-electron chi connectivity index (χ2n) is 4.62. The van der Waals surface area contributed by atoms with Gasteiger partial charge in [-0.25, -0.2) is 4.98 Å². The number of benzene rings is 1. The molecule has 0 aliphatic carbocycles. The molecule has 0 spiro atoms. The first kappa shape index (κ1) is 14.0. The molecule has 1 heterocycles. The Morgan fingerprint density at radius 3 is 2.63 bits per heavy atom. The van der Waals surface area contributed by atoms with Crippen molar-refractivity contribution in [1.29, 1.82) is 0 Å². The van der Waals surface area contributed by atoms with Crippen molar-refractivity contribution in [3.8, 4) is 16.3 Å². The van der Waals surface area contributed by atoms with Gasteiger partial charge in [0.2, 0.25) is 0 Å². The average molecular weight is 276 g/mol. The summed E-state index contributed by atoms with van der Waals surface area (Å²) in [7, 11) is 0. The zero-order chi connectivity index (χ0) is 13.8. The number of aromatic nitrogens is 1. The number of rotatable bonds is 5. The van der Waals surface area contributed by atoms with Gasteiger partial charge >= 0.3 is 0 Å². The fourth-order valence-electron chi connectivity index (χ4n) is 2.00. The molecule has 2 N–H and O–H groups in total. The Morgan fingerprint density at radius 1 is 1.32 bits per heavy atom. The number of hydrogen-bond acceptors (Lipinski definition) is 4. The van der Waals surface area contributed by atoms with Crippen LogP contribution < -0.4 is 10.5 Å². The largest absolute Gasteiger partial charge is 0.493 e. The maximum absolute atomic E-state index is 5.82. The minimum atomic E-state index is 0.391. The van der Waals surface area contributed by atoms with Crippen LogP contribution in [0.1, 0.15) is 37.3 Å². The monoisotopic (exact) mass is 276 g/mol. The van der Waals surface area contributed by atoms with Crippen LogP contribution >= 0.6 is 11.3 Å². The second-order valence-corrected chi connectivity index (χ2v) is 5.70.